The monoisotopic (exact) mass is 418 g/mol. The fourth-order valence-electron chi connectivity index (χ4n) is 2.17. The van der Waals surface area contributed by atoms with Crippen LogP contribution in [0.3, 0.4) is 0 Å². The maximum Gasteiger partial charge on any atom is 0.412 e. The maximum atomic E-state index is 12.2. The number of benzene rings is 2. The number of hydrogen-bond donors (Lipinski definition) is 3. The van der Waals surface area contributed by atoms with Crippen LogP contribution in [0.5, 0.6) is 0 Å². The number of carbonyl (C=O) groups is 1. The van der Waals surface area contributed by atoms with Gasteiger partial charge in [0.1, 0.15) is 6.10 Å². The Balaban J connectivity index is 2.15. The highest BCUT2D eigenvalue weighted by molar-refractivity contribution is 9.10. The summed E-state index contributed by atoms with van der Waals surface area (Å²) in [6.45, 7) is 3.39. The fourth-order valence-corrected chi connectivity index (χ4v) is 2.80. The first-order chi connectivity index (χ1) is 11.9. The quantitative estimate of drug-likeness (QED) is 0.438. The number of halogens is 1. The van der Waals surface area contributed by atoms with E-state index in [1.807, 2.05) is 54.6 Å². The van der Waals surface area contributed by atoms with Gasteiger partial charge in [-0.1, -0.05) is 58.4 Å². The molecule has 4 nitrogen and oxygen atoms in total. The van der Waals surface area contributed by atoms with Crippen LogP contribution in [-0.4, -0.2) is 11.8 Å². The Hall–Kier alpha value is -2.05. The first kappa shape index (κ1) is 19.3. The third-order valence-electron chi connectivity index (χ3n) is 3.51. The molecule has 2 N–H and O–H groups in total. The molecule has 6 heteroatoms. The van der Waals surface area contributed by atoms with E-state index in [1.54, 1.807) is 13.8 Å². The van der Waals surface area contributed by atoms with Gasteiger partial charge in [-0.2, -0.15) is 0 Å². The lowest BCUT2D eigenvalue weighted by molar-refractivity contribution is 0.110. The van der Waals surface area contributed by atoms with Crippen LogP contribution in [0.25, 0.3) is 4.91 Å². The molecule has 0 aromatic heterocycles. The zero-order chi connectivity index (χ0) is 18.4. The molecule has 0 aliphatic rings. The molecule has 2 aromatic carbocycles. The van der Waals surface area contributed by atoms with E-state index < -0.39 is 12.2 Å². The second-order valence-electron chi connectivity index (χ2n) is 5.44. The van der Waals surface area contributed by atoms with Gasteiger partial charge in [0.05, 0.1) is 11.4 Å². The van der Waals surface area contributed by atoms with Gasteiger partial charge >= 0.3 is 6.09 Å². The molecule has 0 saturated carbocycles. The van der Waals surface area contributed by atoms with E-state index in [-0.39, 0.29) is 5.71 Å². The lowest BCUT2D eigenvalue weighted by Crippen LogP contribution is -2.28. The van der Waals surface area contributed by atoms with Crippen LogP contribution >= 0.6 is 28.6 Å². The van der Waals surface area contributed by atoms with Gasteiger partial charge in [0.25, 0.3) is 0 Å². The van der Waals surface area contributed by atoms with Crippen molar-refractivity contribution in [1.29, 1.82) is 5.41 Å². The molecule has 1 atom stereocenters. The predicted molar refractivity (Wildman–Crippen MR) is 108 cm³/mol. The van der Waals surface area contributed by atoms with Crippen molar-refractivity contribution in [2.45, 2.75) is 20.0 Å². The van der Waals surface area contributed by atoms with Crippen molar-refractivity contribution < 1.29 is 9.53 Å². The lowest BCUT2D eigenvalue weighted by atomic mass is 10.1. The highest BCUT2D eigenvalue weighted by atomic mass is 79.9. The first-order valence-electron chi connectivity index (χ1n) is 7.65. The number of allylic oxidation sites excluding steroid dienone is 1. The molecular weight excluding hydrogens is 400 g/mol. The zero-order valence-corrected chi connectivity index (χ0v) is 16.4. The van der Waals surface area contributed by atoms with E-state index >= 15 is 0 Å². The summed E-state index contributed by atoms with van der Waals surface area (Å²) in [4.78, 5) is 12.7. The highest BCUT2D eigenvalue weighted by Gasteiger charge is 2.16. The summed E-state index contributed by atoms with van der Waals surface area (Å²) in [5.74, 6) is 0. The Morgan fingerprint density at radius 3 is 2.32 bits per heavy atom. The van der Waals surface area contributed by atoms with E-state index in [9.17, 15) is 4.79 Å². The summed E-state index contributed by atoms with van der Waals surface area (Å²) in [7, 11) is 0. The smallest absolute Gasteiger partial charge is 0.412 e. The normalized spacial score (nSPS) is 12.8. The zero-order valence-electron chi connectivity index (χ0n) is 13.9. The summed E-state index contributed by atoms with van der Waals surface area (Å²) in [6, 6.07) is 16.9. The number of alkyl carbamates (subject to hydrolysis) is 1. The van der Waals surface area contributed by atoms with Crippen LogP contribution in [-0.2, 0) is 4.74 Å². The van der Waals surface area contributed by atoms with E-state index in [4.69, 9.17) is 10.1 Å². The molecular formula is C19H19BrN2O2S. The Morgan fingerprint density at radius 1 is 1.16 bits per heavy atom. The standard InChI is InChI=1S/C19H19BrN2O2S/c1-12(21)17(18(25)15-8-10-16(20)11-9-15)22-19(23)24-13(2)14-6-4-3-5-7-14/h3-11,13,21,25H,1-2H3,(H,22,23)/b18-17+,21-12?/t13-/m1/s1. The van der Waals surface area contributed by atoms with Crippen molar-refractivity contribution in [2.24, 2.45) is 0 Å². The van der Waals surface area contributed by atoms with Crippen molar-refractivity contribution in [3.8, 4) is 0 Å². The van der Waals surface area contributed by atoms with E-state index in [0.29, 0.717) is 10.6 Å². The summed E-state index contributed by atoms with van der Waals surface area (Å²) < 4.78 is 6.34. The fraction of sp³-hybridized carbons (Fsp3) is 0.158. The largest absolute Gasteiger partial charge is 0.441 e. The molecule has 0 fully saturated rings. The second-order valence-corrected chi connectivity index (χ2v) is 6.80. The van der Waals surface area contributed by atoms with Gasteiger partial charge in [-0.25, -0.2) is 4.79 Å². The van der Waals surface area contributed by atoms with Crippen LogP contribution < -0.4 is 5.32 Å². The van der Waals surface area contributed by atoms with E-state index in [2.05, 4.69) is 33.9 Å². The minimum absolute atomic E-state index is 0.192. The second kappa shape index (κ2) is 8.87. The molecule has 0 spiro atoms. The van der Waals surface area contributed by atoms with Crippen LogP contribution in [0.15, 0.2) is 64.8 Å². The first-order valence-corrected chi connectivity index (χ1v) is 8.89. The molecule has 2 aromatic rings. The van der Waals surface area contributed by atoms with Crippen molar-refractivity contribution in [2.75, 3.05) is 0 Å². The van der Waals surface area contributed by atoms with E-state index in [1.165, 1.54) is 0 Å². The van der Waals surface area contributed by atoms with Gasteiger partial charge in [0, 0.05) is 9.38 Å². The van der Waals surface area contributed by atoms with Crippen LogP contribution in [0.1, 0.15) is 31.1 Å². The molecule has 0 radical (unpaired) electrons. The molecule has 0 heterocycles. The maximum absolute atomic E-state index is 12.2. The number of rotatable bonds is 5. The van der Waals surface area contributed by atoms with Gasteiger partial charge in [0.2, 0.25) is 0 Å². The molecule has 2 rings (SSSR count). The summed E-state index contributed by atoms with van der Waals surface area (Å²) in [6.07, 6.45) is -1.02. The van der Waals surface area contributed by atoms with Crippen molar-refractivity contribution in [1.82, 2.24) is 5.32 Å². The number of thiol groups is 1. The van der Waals surface area contributed by atoms with E-state index in [0.717, 1.165) is 15.6 Å². The summed E-state index contributed by atoms with van der Waals surface area (Å²) in [5.41, 5.74) is 2.20. The molecule has 0 saturated heterocycles. The Morgan fingerprint density at radius 2 is 1.76 bits per heavy atom. The molecule has 0 bridgehead atoms. The van der Waals surface area contributed by atoms with Gasteiger partial charge in [-0.05, 0) is 37.1 Å². The van der Waals surface area contributed by atoms with Gasteiger partial charge in [-0.15, -0.1) is 12.6 Å². The molecule has 0 aliphatic carbocycles. The minimum Gasteiger partial charge on any atom is -0.441 e. The average Bonchev–Trinajstić information content (AvgIpc) is 2.60. The molecule has 1 amide bonds. The van der Waals surface area contributed by atoms with Crippen molar-refractivity contribution in [3.05, 3.63) is 75.9 Å². The minimum atomic E-state index is -0.624. The lowest BCUT2D eigenvalue weighted by Gasteiger charge is -2.17. The number of hydrogen-bond acceptors (Lipinski definition) is 4. The Kier molecular flexibility index (Phi) is 6.84. The number of carbonyl (C=O) groups excluding carboxylic acids is 1. The van der Waals surface area contributed by atoms with Gasteiger partial charge in [-0.3, -0.25) is 5.32 Å². The number of nitrogens with one attached hydrogen (secondary N) is 2. The van der Waals surface area contributed by atoms with Gasteiger partial charge in [0.15, 0.2) is 0 Å². The average molecular weight is 419 g/mol. The topological polar surface area (TPSA) is 62.2 Å². The number of ether oxygens (including phenoxy) is 1. The number of amides is 1. The SMILES string of the molecule is CC(=N)/C(NC(=O)O[C@H](C)c1ccccc1)=C(\S)c1ccc(Br)cc1. The third-order valence-corrected chi connectivity index (χ3v) is 4.52. The van der Waals surface area contributed by atoms with Crippen LogP contribution in [0.4, 0.5) is 4.79 Å². The molecule has 130 valence electrons. The van der Waals surface area contributed by atoms with Crippen LogP contribution in [0.2, 0.25) is 0 Å². The molecule has 0 unspecified atom stereocenters. The van der Waals surface area contributed by atoms with Crippen LogP contribution in [0, 0.1) is 5.41 Å². The predicted octanol–water partition coefficient (Wildman–Crippen LogP) is 5.57. The van der Waals surface area contributed by atoms with Crippen molar-refractivity contribution >= 4 is 45.3 Å². The summed E-state index contributed by atoms with van der Waals surface area (Å²) in [5, 5.41) is 10.6. The highest BCUT2D eigenvalue weighted by Crippen LogP contribution is 2.24. The van der Waals surface area contributed by atoms with Crippen molar-refractivity contribution in [3.63, 3.8) is 0 Å². The Bertz CT molecular complexity index is 789. The molecule has 25 heavy (non-hydrogen) atoms. The van der Waals surface area contributed by atoms with Gasteiger partial charge < -0.3 is 10.1 Å². The third kappa shape index (κ3) is 5.47. The summed E-state index contributed by atoms with van der Waals surface area (Å²) >= 11 is 7.85. The molecule has 0 aliphatic heterocycles. The Labute approximate surface area is 161 Å².